The molecular formula is C20H23F3N4S. The topological polar surface area (TPSA) is 41.0 Å². The van der Waals surface area contributed by atoms with Gasteiger partial charge in [-0.05, 0) is 37.3 Å². The summed E-state index contributed by atoms with van der Waals surface area (Å²) in [7, 11) is 0. The first-order chi connectivity index (χ1) is 13.5. The Hall–Kier alpha value is -1.93. The predicted octanol–water partition coefficient (Wildman–Crippen LogP) is 4.95. The second kappa shape index (κ2) is 8.21. The summed E-state index contributed by atoms with van der Waals surface area (Å²) in [5.74, 6) is 0.644. The Morgan fingerprint density at radius 2 is 2.00 bits per heavy atom. The molecule has 1 aliphatic heterocycles. The molecule has 1 N–H and O–H groups in total. The number of likely N-dealkylation sites (tertiary alicyclic amines) is 1. The van der Waals surface area contributed by atoms with E-state index in [0.717, 1.165) is 56.7 Å². The van der Waals surface area contributed by atoms with E-state index >= 15 is 0 Å². The fourth-order valence-electron chi connectivity index (χ4n) is 3.78. The fourth-order valence-corrected chi connectivity index (χ4v) is 4.80. The van der Waals surface area contributed by atoms with Gasteiger partial charge in [0.15, 0.2) is 0 Å². The molecule has 0 aromatic carbocycles. The van der Waals surface area contributed by atoms with E-state index in [1.54, 1.807) is 6.07 Å². The average Bonchev–Trinajstić information content (AvgIpc) is 3.06. The van der Waals surface area contributed by atoms with E-state index < -0.39 is 12.6 Å². The summed E-state index contributed by atoms with van der Waals surface area (Å²) in [4.78, 5) is 11.8. The molecule has 0 saturated carbocycles. The van der Waals surface area contributed by atoms with Crippen molar-refractivity contribution in [1.82, 2.24) is 14.9 Å². The van der Waals surface area contributed by atoms with Crippen molar-refractivity contribution < 1.29 is 13.2 Å². The van der Waals surface area contributed by atoms with Crippen molar-refractivity contribution in [2.24, 2.45) is 0 Å². The van der Waals surface area contributed by atoms with Gasteiger partial charge >= 0.3 is 6.18 Å². The van der Waals surface area contributed by atoms with Crippen molar-refractivity contribution in [3.63, 3.8) is 0 Å². The number of hydrogen-bond acceptors (Lipinski definition) is 5. The van der Waals surface area contributed by atoms with Crippen LogP contribution in [0.15, 0.2) is 36.2 Å². The summed E-state index contributed by atoms with van der Waals surface area (Å²) >= 11 is 1.09. The first kappa shape index (κ1) is 19.4. The van der Waals surface area contributed by atoms with E-state index in [1.807, 2.05) is 0 Å². The van der Waals surface area contributed by atoms with Gasteiger partial charge in [0.25, 0.3) is 0 Å². The standard InChI is InChI=1S/C20H23F3N4S/c21-20(22,23)11-16-10-17-18(24-13-25-19(17)28-16)26-15-6-8-27(9-7-15)12-14-4-2-1-3-5-14/h2,4-5,10,13,15H,1,3,6-9,11-12H2,(H,24,25,26). The Labute approximate surface area is 166 Å². The van der Waals surface area contributed by atoms with E-state index in [1.165, 1.54) is 11.9 Å². The predicted molar refractivity (Wildman–Crippen MR) is 107 cm³/mol. The van der Waals surface area contributed by atoms with Crippen LogP contribution in [0, 0.1) is 0 Å². The normalized spacial score (nSPS) is 19.2. The van der Waals surface area contributed by atoms with Crippen LogP contribution in [0.4, 0.5) is 19.0 Å². The van der Waals surface area contributed by atoms with Crippen molar-refractivity contribution in [2.45, 2.75) is 44.3 Å². The van der Waals surface area contributed by atoms with Crippen LogP contribution in [0.25, 0.3) is 10.2 Å². The van der Waals surface area contributed by atoms with E-state index in [9.17, 15) is 13.2 Å². The van der Waals surface area contributed by atoms with Crippen LogP contribution in [0.3, 0.4) is 0 Å². The summed E-state index contributed by atoms with van der Waals surface area (Å²) in [6.45, 7) is 2.99. The highest BCUT2D eigenvalue weighted by molar-refractivity contribution is 7.18. The van der Waals surface area contributed by atoms with Gasteiger partial charge in [-0.1, -0.05) is 18.2 Å². The number of allylic oxidation sites excluding steroid dienone is 2. The number of rotatable bonds is 5. The molecule has 0 unspecified atom stereocenters. The molecular weight excluding hydrogens is 385 g/mol. The van der Waals surface area contributed by atoms with Crippen molar-refractivity contribution >= 4 is 27.4 Å². The van der Waals surface area contributed by atoms with Crippen molar-refractivity contribution in [3.8, 4) is 0 Å². The van der Waals surface area contributed by atoms with Gasteiger partial charge in [0, 0.05) is 30.6 Å². The molecule has 4 rings (SSSR count). The van der Waals surface area contributed by atoms with Crippen LogP contribution >= 0.6 is 11.3 Å². The molecule has 3 heterocycles. The zero-order chi connectivity index (χ0) is 19.6. The number of nitrogens with one attached hydrogen (secondary N) is 1. The molecule has 8 heteroatoms. The lowest BCUT2D eigenvalue weighted by Gasteiger charge is -2.33. The molecule has 0 atom stereocenters. The molecule has 1 saturated heterocycles. The second-order valence-corrected chi connectivity index (χ2v) is 8.51. The zero-order valence-electron chi connectivity index (χ0n) is 15.5. The number of anilines is 1. The molecule has 0 amide bonds. The maximum absolute atomic E-state index is 12.7. The third-order valence-corrected chi connectivity index (χ3v) is 6.20. The van der Waals surface area contributed by atoms with Crippen LogP contribution in [0.1, 0.15) is 30.6 Å². The smallest absolute Gasteiger partial charge is 0.367 e. The molecule has 4 nitrogen and oxygen atoms in total. The second-order valence-electron chi connectivity index (χ2n) is 7.40. The summed E-state index contributed by atoms with van der Waals surface area (Å²) in [5.41, 5.74) is 1.39. The summed E-state index contributed by atoms with van der Waals surface area (Å²) in [6, 6.07) is 1.85. The highest BCUT2D eigenvalue weighted by atomic mass is 32.1. The lowest BCUT2D eigenvalue weighted by Crippen LogP contribution is -2.40. The van der Waals surface area contributed by atoms with Gasteiger partial charge in [-0.3, -0.25) is 4.90 Å². The van der Waals surface area contributed by atoms with E-state index in [2.05, 4.69) is 38.4 Å². The Bertz CT molecular complexity index is 879. The number of thiophene rings is 1. The molecule has 0 spiro atoms. The Balaban J connectivity index is 1.37. The summed E-state index contributed by atoms with van der Waals surface area (Å²) < 4.78 is 38.1. The van der Waals surface area contributed by atoms with Gasteiger partial charge in [0.1, 0.15) is 17.0 Å². The minimum absolute atomic E-state index is 0.273. The SMILES string of the molecule is FC(F)(F)Cc1cc2c(NC3CCN(CC4=CCCC=C4)CC3)ncnc2s1. The molecule has 2 aliphatic rings. The summed E-state index contributed by atoms with van der Waals surface area (Å²) in [6.07, 6.45) is 7.31. The molecule has 1 aliphatic carbocycles. The zero-order valence-corrected chi connectivity index (χ0v) is 16.3. The largest absolute Gasteiger partial charge is 0.393 e. The molecule has 28 heavy (non-hydrogen) atoms. The maximum Gasteiger partial charge on any atom is 0.393 e. The van der Waals surface area contributed by atoms with Crippen LogP contribution in [0.2, 0.25) is 0 Å². The molecule has 0 bridgehead atoms. The van der Waals surface area contributed by atoms with Gasteiger partial charge in [-0.25, -0.2) is 9.97 Å². The number of hydrogen-bond donors (Lipinski definition) is 1. The number of halogens is 3. The molecule has 1 fully saturated rings. The molecule has 2 aromatic rings. The van der Waals surface area contributed by atoms with Gasteiger partial charge in [0.2, 0.25) is 0 Å². The first-order valence-corrected chi connectivity index (χ1v) is 10.4. The van der Waals surface area contributed by atoms with Crippen molar-refractivity contribution in [3.05, 3.63) is 41.1 Å². The number of nitrogens with zero attached hydrogens (tertiary/aromatic N) is 3. The van der Waals surface area contributed by atoms with Gasteiger partial charge in [-0.15, -0.1) is 11.3 Å². The number of alkyl halides is 3. The van der Waals surface area contributed by atoms with Crippen LogP contribution in [-0.4, -0.2) is 46.7 Å². The highest BCUT2D eigenvalue weighted by Gasteiger charge is 2.29. The third-order valence-electron chi connectivity index (χ3n) is 5.16. The number of fused-ring (bicyclic) bond motifs is 1. The van der Waals surface area contributed by atoms with Crippen LogP contribution in [0.5, 0.6) is 0 Å². The van der Waals surface area contributed by atoms with E-state index in [-0.39, 0.29) is 10.9 Å². The summed E-state index contributed by atoms with van der Waals surface area (Å²) in [5, 5.41) is 4.13. The van der Waals surface area contributed by atoms with Gasteiger partial charge < -0.3 is 5.32 Å². The average molecular weight is 408 g/mol. The van der Waals surface area contributed by atoms with Crippen molar-refractivity contribution in [1.29, 1.82) is 0 Å². The molecule has 0 radical (unpaired) electrons. The first-order valence-electron chi connectivity index (χ1n) is 9.61. The monoisotopic (exact) mass is 408 g/mol. The Kier molecular flexibility index (Phi) is 5.68. The quantitative estimate of drug-likeness (QED) is 0.760. The molecule has 150 valence electrons. The highest BCUT2D eigenvalue weighted by Crippen LogP contribution is 2.33. The maximum atomic E-state index is 12.7. The van der Waals surface area contributed by atoms with E-state index in [4.69, 9.17) is 0 Å². The fraction of sp³-hybridized carbons (Fsp3) is 0.500. The number of piperidine rings is 1. The minimum atomic E-state index is -4.21. The van der Waals surface area contributed by atoms with Crippen molar-refractivity contribution in [2.75, 3.05) is 25.0 Å². The lowest BCUT2D eigenvalue weighted by atomic mass is 10.0. The van der Waals surface area contributed by atoms with E-state index in [0.29, 0.717) is 16.0 Å². The van der Waals surface area contributed by atoms with Crippen LogP contribution in [-0.2, 0) is 6.42 Å². The van der Waals surface area contributed by atoms with Gasteiger partial charge in [0.05, 0.1) is 11.8 Å². The molecule has 2 aromatic heterocycles. The Morgan fingerprint density at radius 3 is 2.71 bits per heavy atom. The minimum Gasteiger partial charge on any atom is -0.367 e. The lowest BCUT2D eigenvalue weighted by molar-refractivity contribution is -0.126. The third kappa shape index (κ3) is 4.91. The van der Waals surface area contributed by atoms with Gasteiger partial charge in [-0.2, -0.15) is 13.2 Å². The number of aromatic nitrogens is 2. The van der Waals surface area contributed by atoms with Crippen LogP contribution < -0.4 is 5.32 Å². The Morgan fingerprint density at radius 1 is 1.18 bits per heavy atom.